The summed E-state index contributed by atoms with van der Waals surface area (Å²) in [6, 6.07) is -0.529. The third kappa shape index (κ3) is 3.87. The van der Waals surface area contributed by atoms with Crippen LogP contribution in [0.5, 0.6) is 0 Å². The number of hydrogen-bond donors (Lipinski definition) is 3. The maximum absolute atomic E-state index is 11.5. The molecule has 0 aromatic carbocycles. The van der Waals surface area contributed by atoms with Crippen LogP contribution in [0.25, 0.3) is 0 Å². The third-order valence-corrected chi connectivity index (χ3v) is 2.53. The fourth-order valence-electron chi connectivity index (χ4n) is 1.57. The summed E-state index contributed by atoms with van der Waals surface area (Å²) in [5.74, 6) is -0.160. The molecule has 2 amide bonds. The zero-order valence-corrected chi connectivity index (χ0v) is 9.08. The van der Waals surface area contributed by atoms with Crippen molar-refractivity contribution >= 4 is 11.8 Å². The number of carbonyl (C=O) groups is 2. The SMILES string of the molecule is CCCC[C@H](N)C(=O)NC1CNC(=O)C1. The Hall–Kier alpha value is -1.10. The van der Waals surface area contributed by atoms with Crippen molar-refractivity contribution in [2.75, 3.05) is 6.54 Å². The fourth-order valence-corrected chi connectivity index (χ4v) is 1.57. The highest BCUT2D eigenvalue weighted by molar-refractivity contribution is 5.84. The van der Waals surface area contributed by atoms with Gasteiger partial charge < -0.3 is 16.4 Å². The molecule has 0 bridgehead atoms. The minimum Gasteiger partial charge on any atom is -0.354 e. The van der Waals surface area contributed by atoms with Gasteiger partial charge in [0, 0.05) is 13.0 Å². The maximum atomic E-state index is 11.5. The second kappa shape index (κ2) is 5.70. The molecule has 0 aromatic rings. The molecular formula is C10H19N3O2. The third-order valence-electron chi connectivity index (χ3n) is 2.53. The number of carbonyl (C=O) groups excluding carboxylic acids is 2. The Morgan fingerprint density at radius 1 is 1.73 bits per heavy atom. The Kier molecular flexibility index (Phi) is 4.55. The summed E-state index contributed by atoms with van der Waals surface area (Å²) < 4.78 is 0. The van der Waals surface area contributed by atoms with Gasteiger partial charge in [0.05, 0.1) is 12.1 Å². The van der Waals surface area contributed by atoms with Crippen LogP contribution < -0.4 is 16.4 Å². The van der Waals surface area contributed by atoms with Crippen LogP contribution in [0.15, 0.2) is 0 Å². The molecule has 1 fully saturated rings. The van der Waals surface area contributed by atoms with Crippen LogP contribution in [-0.4, -0.2) is 30.4 Å². The van der Waals surface area contributed by atoms with Crippen LogP contribution in [-0.2, 0) is 9.59 Å². The first-order chi connectivity index (χ1) is 7.13. The van der Waals surface area contributed by atoms with Crippen LogP contribution in [0.4, 0.5) is 0 Å². The minimum atomic E-state index is -0.444. The maximum Gasteiger partial charge on any atom is 0.237 e. The van der Waals surface area contributed by atoms with Crippen molar-refractivity contribution in [2.45, 2.75) is 44.7 Å². The quantitative estimate of drug-likeness (QED) is 0.576. The molecule has 1 aliphatic rings. The van der Waals surface area contributed by atoms with Crippen molar-refractivity contribution in [3.8, 4) is 0 Å². The van der Waals surface area contributed by atoms with Gasteiger partial charge in [0.2, 0.25) is 11.8 Å². The fraction of sp³-hybridized carbons (Fsp3) is 0.800. The number of hydrogen-bond acceptors (Lipinski definition) is 3. The van der Waals surface area contributed by atoms with Gasteiger partial charge in [-0.25, -0.2) is 0 Å². The molecule has 1 unspecified atom stereocenters. The van der Waals surface area contributed by atoms with Gasteiger partial charge in [0.1, 0.15) is 0 Å². The van der Waals surface area contributed by atoms with E-state index in [0.29, 0.717) is 19.4 Å². The smallest absolute Gasteiger partial charge is 0.237 e. The van der Waals surface area contributed by atoms with Crippen LogP contribution in [0.1, 0.15) is 32.6 Å². The molecule has 4 N–H and O–H groups in total. The van der Waals surface area contributed by atoms with Crippen LogP contribution in [0, 0.1) is 0 Å². The van der Waals surface area contributed by atoms with E-state index in [0.717, 1.165) is 12.8 Å². The summed E-state index contributed by atoms with van der Waals surface area (Å²) in [6.07, 6.45) is 3.06. The summed E-state index contributed by atoms with van der Waals surface area (Å²) in [7, 11) is 0. The van der Waals surface area contributed by atoms with Crippen molar-refractivity contribution in [1.82, 2.24) is 10.6 Å². The van der Waals surface area contributed by atoms with Crippen molar-refractivity contribution < 1.29 is 9.59 Å². The average Bonchev–Trinajstić information content (AvgIpc) is 2.60. The van der Waals surface area contributed by atoms with Crippen LogP contribution in [0.3, 0.4) is 0 Å². The predicted octanol–water partition coefficient (Wildman–Crippen LogP) is -0.491. The number of rotatable bonds is 5. The summed E-state index contributed by atoms with van der Waals surface area (Å²) in [4.78, 5) is 22.4. The lowest BCUT2D eigenvalue weighted by Gasteiger charge is -2.15. The molecule has 1 saturated heterocycles. The van der Waals surface area contributed by atoms with Crippen LogP contribution >= 0.6 is 0 Å². The predicted molar refractivity (Wildman–Crippen MR) is 57.1 cm³/mol. The molecule has 1 aliphatic heterocycles. The Morgan fingerprint density at radius 2 is 2.47 bits per heavy atom. The second-order valence-corrected chi connectivity index (χ2v) is 3.96. The van der Waals surface area contributed by atoms with E-state index in [1.807, 2.05) is 0 Å². The van der Waals surface area contributed by atoms with Gasteiger partial charge in [-0.05, 0) is 6.42 Å². The largest absolute Gasteiger partial charge is 0.354 e. The van der Waals surface area contributed by atoms with E-state index in [1.54, 1.807) is 0 Å². The summed E-state index contributed by atoms with van der Waals surface area (Å²) in [5.41, 5.74) is 5.70. The van der Waals surface area contributed by atoms with E-state index in [2.05, 4.69) is 17.6 Å². The first-order valence-electron chi connectivity index (χ1n) is 5.46. The molecule has 15 heavy (non-hydrogen) atoms. The van der Waals surface area contributed by atoms with Crippen molar-refractivity contribution in [1.29, 1.82) is 0 Å². The summed E-state index contributed by atoms with van der Waals surface area (Å²) in [6.45, 7) is 2.58. The first-order valence-corrected chi connectivity index (χ1v) is 5.46. The highest BCUT2D eigenvalue weighted by Gasteiger charge is 2.24. The van der Waals surface area contributed by atoms with E-state index in [4.69, 9.17) is 5.73 Å². The molecule has 5 nitrogen and oxygen atoms in total. The molecule has 1 rings (SSSR count). The zero-order valence-electron chi connectivity index (χ0n) is 9.08. The second-order valence-electron chi connectivity index (χ2n) is 3.96. The minimum absolute atomic E-state index is 0.0116. The van der Waals surface area contributed by atoms with E-state index in [1.165, 1.54) is 0 Å². The highest BCUT2D eigenvalue weighted by Crippen LogP contribution is 2.02. The van der Waals surface area contributed by atoms with Gasteiger partial charge in [0.25, 0.3) is 0 Å². The van der Waals surface area contributed by atoms with E-state index < -0.39 is 6.04 Å². The number of amides is 2. The average molecular weight is 213 g/mol. The molecule has 86 valence electrons. The molecule has 5 heteroatoms. The Morgan fingerprint density at radius 3 is 3.00 bits per heavy atom. The standard InChI is InChI=1S/C10H19N3O2/c1-2-3-4-8(11)10(15)13-7-5-9(14)12-6-7/h7-8H,2-6,11H2,1H3,(H,12,14)(H,13,15)/t7?,8-/m0/s1. The van der Waals surface area contributed by atoms with Gasteiger partial charge >= 0.3 is 0 Å². The summed E-state index contributed by atoms with van der Waals surface area (Å²) >= 11 is 0. The molecule has 0 saturated carbocycles. The Balaban J connectivity index is 2.25. The Bertz CT molecular complexity index is 243. The lowest BCUT2D eigenvalue weighted by atomic mass is 10.1. The molecule has 0 aliphatic carbocycles. The topological polar surface area (TPSA) is 84.2 Å². The lowest BCUT2D eigenvalue weighted by Crippen LogP contribution is -2.46. The van der Waals surface area contributed by atoms with E-state index in [9.17, 15) is 9.59 Å². The van der Waals surface area contributed by atoms with Gasteiger partial charge in [-0.3, -0.25) is 9.59 Å². The monoisotopic (exact) mass is 213 g/mol. The first kappa shape index (κ1) is 12.0. The van der Waals surface area contributed by atoms with Crippen molar-refractivity contribution in [3.63, 3.8) is 0 Å². The van der Waals surface area contributed by atoms with Gasteiger partial charge in [-0.15, -0.1) is 0 Å². The normalized spacial score (nSPS) is 22.3. The zero-order chi connectivity index (χ0) is 11.3. The van der Waals surface area contributed by atoms with E-state index >= 15 is 0 Å². The Labute approximate surface area is 89.8 Å². The van der Waals surface area contributed by atoms with Crippen LogP contribution in [0.2, 0.25) is 0 Å². The number of nitrogens with one attached hydrogen (secondary N) is 2. The highest BCUT2D eigenvalue weighted by atomic mass is 16.2. The number of unbranched alkanes of at least 4 members (excludes halogenated alkanes) is 1. The molecule has 2 atom stereocenters. The van der Waals surface area contributed by atoms with Gasteiger partial charge in [-0.1, -0.05) is 19.8 Å². The van der Waals surface area contributed by atoms with Gasteiger partial charge in [0.15, 0.2) is 0 Å². The molecular weight excluding hydrogens is 194 g/mol. The molecule has 0 aromatic heterocycles. The van der Waals surface area contributed by atoms with Crippen molar-refractivity contribution in [3.05, 3.63) is 0 Å². The molecule has 0 spiro atoms. The van der Waals surface area contributed by atoms with Gasteiger partial charge in [-0.2, -0.15) is 0 Å². The molecule has 0 radical (unpaired) electrons. The lowest BCUT2D eigenvalue weighted by molar-refractivity contribution is -0.123. The number of nitrogens with two attached hydrogens (primary N) is 1. The van der Waals surface area contributed by atoms with E-state index in [-0.39, 0.29) is 17.9 Å². The van der Waals surface area contributed by atoms with Crippen molar-refractivity contribution in [2.24, 2.45) is 5.73 Å². The summed E-state index contributed by atoms with van der Waals surface area (Å²) in [5, 5.41) is 5.43. The molecule has 1 heterocycles.